The number of ether oxygens (including phenoxy) is 1. The molecule has 1 aliphatic heterocycles. The number of nitrogens with two attached hydrogens (primary N) is 1. The molecule has 0 aromatic heterocycles. The van der Waals surface area contributed by atoms with Crippen molar-refractivity contribution in [3.05, 3.63) is 42.5 Å². The molecule has 1 atom stereocenters. The molecule has 3 rings (SSSR count). The van der Waals surface area contributed by atoms with Crippen LogP contribution in [0.2, 0.25) is 0 Å². The minimum absolute atomic E-state index is 0.0473. The van der Waals surface area contributed by atoms with Gasteiger partial charge in [0.2, 0.25) is 11.8 Å². The van der Waals surface area contributed by atoms with Crippen molar-refractivity contribution >= 4 is 22.6 Å². The van der Waals surface area contributed by atoms with E-state index in [0.717, 1.165) is 42.3 Å². The Balaban J connectivity index is 1.46. The second-order valence-electron chi connectivity index (χ2n) is 7.51. The summed E-state index contributed by atoms with van der Waals surface area (Å²) in [6.07, 6.45) is 4.49. The fourth-order valence-corrected chi connectivity index (χ4v) is 3.86. The van der Waals surface area contributed by atoms with Gasteiger partial charge in [0.05, 0.1) is 6.61 Å². The molecule has 6 heteroatoms. The second-order valence-corrected chi connectivity index (χ2v) is 7.51. The molecule has 1 aliphatic rings. The van der Waals surface area contributed by atoms with Crippen molar-refractivity contribution in [3.8, 4) is 5.75 Å². The van der Waals surface area contributed by atoms with Crippen molar-refractivity contribution in [1.82, 2.24) is 10.2 Å². The first-order valence-electron chi connectivity index (χ1n) is 10.6. The Morgan fingerprint density at radius 3 is 2.79 bits per heavy atom. The Hall–Kier alpha value is -2.60. The highest BCUT2D eigenvalue weighted by Gasteiger charge is 2.26. The number of nitrogens with one attached hydrogen (secondary N) is 1. The minimum Gasteiger partial charge on any atom is -0.493 e. The number of rotatable bonds is 9. The summed E-state index contributed by atoms with van der Waals surface area (Å²) in [6, 6.07) is 14.2. The van der Waals surface area contributed by atoms with E-state index in [9.17, 15) is 9.59 Å². The normalized spacial score (nSPS) is 16.6. The van der Waals surface area contributed by atoms with Crippen molar-refractivity contribution in [2.45, 2.75) is 44.6 Å². The van der Waals surface area contributed by atoms with Gasteiger partial charge in [0.25, 0.3) is 0 Å². The third kappa shape index (κ3) is 5.94. The van der Waals surface area contributed by atoms with Crippen LogP contribution in [0.5, 0.6) is 5.75 Å². The van der Waals surface area contributed by atoms with Crippen molar-refractivity contribution < 1.29 is 14.3 Å². The molecule has 2 amide bonds. The molecule has 3 N–H and O–H groups in total. The summed E-state index contributed by atoms with van der Waals surface area (Å²) in [4.78, 5) is 26.4. The number of hydrogen-bond acceptors (Lipinski definition) is 4. The van der Waals surface area contributed by atoms with Crippen LogP contribution in [-0.2, 0) is 9.59 Å². The van der Waals surface area contributed by atoms with Gasteiger partial charge < -0.3 is 20.7 Å². The van der Waals surface area contributed by atoms with E-state index in [1.54, 1.807) is 0 Å². The highest BCUT2D eigenvalue weighted by atomic mass is 16.5. The van der Waals surface area contributed by atoms with E-state index in [4.69, 9.17) is 10.5 Å². The summed E-state index contributed by atoms with van der Waals surface area (Å²) in [5.74, 6) is 0.951. The zero-order valence-corrected chi connectivity index (χ0v) is 16.9. The zero-order chi connectivity index (χ0) is 20.5. The standard InChI is InChI=1S/C23H31N3O3/c24-14-13-22(27)25-17-19-9-3-4-15-26(19)23(28)12-6-16-29-21-11-5-8-18-7-1-2-10-20(18)21/h1-2,5,7-8,10-11,19H,3-4,6,9,12-17,24H2,(H,25,27). The largest absolute Gasteiger partial charge is 0.493 e. The maximum atomic E-state index is 12.7. The maximum absolute atomic E-state index is 12.7. The molecule has 1 fully saturated rings. The molecule has 6 nitrogen and oxygen atoms in total. The summed E-state index contributed by atoms with van der Waals surface area (Å²) >= 11 is 0. The molecule has 2 aromatic rings. The van der Waals surface area contributed by atoms with E-state index in [0.29, 0.717) is 39.0 Å². The topological polar surface area (TPSA) is 84.7 Å². The first-order chi connectivity index (χ1) is 14.2. The summed E-state index contributed by atoms with van der Waals surface area (Å²) in [7, 11) is 0. The average Bonchev–Trinajstić information content (AvgIpc) is 2.75. The number of hydrogen-bond donors (Lipinski definition) is 2. The lowest BCUT2D eigenvalue weighted by atomic mass is 10.0. The predicted molar refractivity (Wildman–Crippen MR) is 115 cm³/mol. The fraction of sp³-hybridized carbons (Fsp3) is 0.478. The predicted octanol–water partition coefficient (Wildman–Crippen LogP) is 2.84. The van der Waals surface area contributed by atoms with Crippen molar-refractivity contribution in [2.75, 3.05) is 26.2 Å². The molecule has 0 spiro atoms. The number of nitrogens with zero attached hydrogens (tertiary/aromatic N) is 1. The molecule has 1 saturated heterocycles. The third-order valence-corrected chi connectivity index (χ3v) is 5.40. The van der Waals surface area contributed by atoms with E-state index in [-0.39, 0.29) is 17.9 Å². The Labute approximate surface area is 172 Å². The number of benzene rings is 2. The van der Waals surface area contributed by atoms with Crippen LogP contribution in [0.3, 0.4) is 0 Å². The first kappa shape index (κ1) is 21.1. The van der Waals surface area contributed by atoms with Crippen molar-refractivity contribution in [3.63, 3.8) is 0 Å². The molecular weight excluding hydrogens is 366 g/mol. The zero-order valence-electron chi connectivity index (χ0n) is 16.9. The molecule has 1 heterocycles. The van der Waals surface area contributed by atoms with Crippen LogP contribution in [0, 0.1) is 0 Å². The molecule has 0 bridgehead atoms. The van der Waals surface area contributed by atoms with Gasteiger partial charge in [0, 0.05) is 43.9 Å². The Morgan fingerprint density at radius 1 is 1.10 bits per heavy atom. The van der Waals surface area contributed by atoms with Gasteiger partial charge in [-0.3, -0.25) is 9.59 Å². The van der Waals surface area contributed by atoms with E-state index in [1.165, 1.54) is 0 Å². The third-order valence-electron chi connectivity index (χ3n) is 5.40. The van der Waals surface area contributed by atoms with Gasteiger partial charge in [-0.05, 0) is 37.1 Å². The van der Waals surface area contributed by atoms with Crippen LogP contribution in [0.25, 0.3) is 10.8 Å². The van der Waals surface area contributed by atoms with Crippen molar-refractivity contribution in [2.24, 2.45) is 5.73 Å². The van der Waals surface area contributed by atoms with Crippen molar-refractivity contribution in [1.29, 1.82) is 0 Å². The fourth-order valence-electron chi connectivity index (χ4n) is 3.86. The summed E-state index contributed by atoms with van der Waals surface area (Å²) in [5.41, 5.74) is 5.42. The van der Waals surface area contributed by atoms with Gasteiger partial charge in [0.15, 0.2) is 0 Å². The van der Waals surface area contributed by atoms with Gasteiger partial charge in [-0.15, -0.1) is 0 Å². The molecule has 29 heavy (non-hydrogen) atoms. The highest BCUT2D eigenvalue weighted by molar-refractivity contribution is 5.88. The van der Waals surface area contributed by atoms with E-state index < -0.39 is 0 Å². The Morgan fingerprint density at radius 2 is 1.93 bits per heavy atom. The van der Waals surface area contributed by atoms with Gasteiger partial charge >= 0.3 is 0 Å². The van der Waals surface area contributed by atoms with Crippen LogP contribution in [0.15, 0.2) is 42.5 Å². The molecular formula is C23H31N3O3. The van der Waals surface area contributed by atoms with Gasteiger partial charge in [0.1, 0.15) is 5.75 Å². The smallest absolute Gasteiger partial charge is 0.223 e. The molecule has 0 aliphatic carbocycles. The first-order valence-corrected chi connectivity index (χ1v) is 10.6. The van der Waals surface area contributed by atoms with Crippen LogP contribution < -0.4 is 15.8 Å². The van der Waals surface area contributed by atoms with Crippen LogP contribution in [-0.4, -0.2) is 49.0 Å². The van der Waals surface area contributed by atoms with Crippen LogP contribution >= 0.6 is 0 Å². The quantitative estimate of drug-likeness (QED) is 0.637. The molecule has 2 aromatic carbocycles. The number of carbonyl (C=O) groups is 2. The minimum atomic E-state index is -0.0473. The Kier molecular flexibility index (Phi) is 7.87. The van der Waals surface area contributed by atoms with E-state index in [2.05, 4.69) is 17.4 Å². The second kappa shape index (κ2) is 10.8. The SMILES string of the molecule is NCCC(=O)NCC1CCCCN1C(=O)CCCOc1cccc2ccccc12. The average molecular weight is 398 g/mol. The number of likely N-dealkylation sites (tertiary alicyclic amines) is 1. The van der Waals surface area contributed by atoms with Gasteiger partial charge in [-0.25, -0.2) is 0 Å². The summed E-state index contributed by atoms with van der Waals surface area (Å²) < 4.78 is 5.95. The lowest BCUT2D eigenvalue weighted by molar-refractivity contribution is -0.135. The number of piperidine rings is 1. The van der Waals surface area contributed by atoms with Crippen LogP contribution in [0.4, 0.5) is 0 Å². The highest BCUT2D eigenvalue weighted by Crippen LogP contribution is 2.25. The van der Waals surface area contributed by atoms with Gasteiger partial charge in [-0.2, -0.15) is 0 Å². The summed E-state index contributed by atoms with van der Waals surface area (Å²) in [6.45, 7) is 2.12. The molecule has 0 saturated carbocycles. The molecule has 0 radical (unpaired) electrons. The maximum Gasteiger partial charge on any atom is 0.223 e. The number of fused-ring (bicyclic) bond motifs is 1. The molecule has 156 valence electrons. The van der Waals surface area contributed by atoms with E-state index >= 15 is 0 Å². The van der Waals surface area contributed by atoms with Crippen LogP contribution in [0.1, 0.15) is 38.5 Å². The monoisotopic (exact) mass is 397 g/mol. The number of carbonyl (C=O) groups excluding carboxylic acids is 2. The molecule has 1 unspecified atom stereocenters. The van der Waals surface area contributed by atoms with E-state index in [1.807, 2.05) is 35.2 Å². The number of amides is 2. The summed E-state index contributed by atoms with van der Waals surface area (Å²) in [5, 5.41) is 5.14. The van der Waals surface area contributed by atoms with Gasteiger partial charge in [-0.1, -0.05) is 36.4 Å². The lowest BCUT2D eigenvalue weighted by Gasteiger charge is -2.36. The lowest BCUT2D eigenvalue weighted by Crippen LogP contribution is -2.49. The Bertz CT molecular complexity index is 819.